The van der Waals surface area contributed by atoms with Gasteiger partial charge < -0.3 is 4.98 Å². The van der Waals surface area contributed by atoms with Crippen molar-refractivity contribution in [2.75, 3.05) is 0 Å². The van der Waals surface area contributed by atoms with E-state index in [2.05, 4.69) is 16.9 Å². The van der Waals surface area contributed by atoms with E-state index in [0.717, 1.165) is 29.1 Å². The van der Waals surface area contributed by atoms with Gasteiger partial charge in [-0.25, -0.2) is 4.98 Å². The molecular formula is C14H13N3O. The van der Waals surface area contributed by atoms with Crippen molar-refractivity contribution in [2.24, 2.45) is 0 Å². The van der Waals surface area contributed by atoms with Crippen molar-refractivity contribution in [1.82, 2.24) is 14.5 Å². The lowest BCUT2D eigenvalue weighted by atomic mass is 10.3. The van der Waals surface area contributed by atoms with Crippen LogP contribution >= 0.6 is 0 Å². The Kier molecular flexibility index (Phi) is 2.48. The van der Waals surface area contributed by atoms with Gasteiger partial charge in [-0.2, -0.15) is 0 Å². The van der Waals surface area contributed by atoms with E-state index in [4.69, 9.17) is 0 Å². The molecule has 0 spiro atoms. The van der Waals surface area contributed by atoms with E-state index in [9.17, 15) is 4.79 Å². The maximum atomic E-state index is 11.5. The van der Waals surface area contributed by atoms with Gasteiger partial charge in [0, 0.05) is 18.2 Å². The summed E-state index contributed by atoms with van der Waals surface area (Å²) < 4.78 is 2.00. The zero-order valence-electron chi connectivity index (χ0n) is 10.1. The molecule has 0 bridgehead atoms. The van der Waals surface area contributed by atoms with Crippen LogP contribution in [-0.4, -0.2) is 14.5 Å². The lowest BCUT2D eigenvalue weighted by Crippen LogP contribution is -2.06. The van der Waals surface area contributed by atoms with Crippen LogP contribution in [0.3, 0.4) is 0 Å². The molecule has 0 fully saturated rings. The van der Waals surface area contributed by atoms with Crippen LogP contribution in [0.25, 0.3) is 16.9 Å². The normalized spacial score (nSPS) is 10.9. The maximum Gasteiger partial charge on any atom is 0.249 e. The van der Waals surface area contributed by atoms with E-state index in [1.807, 2.05) is 34.9 Å². The first-order chi connectivity index (χ1) is 8.79. The first kappa shape index (κ1) is 10.8. The number of aromatic nitrogens is 3. The smallest absolute Gasteiger partial charge is 0.249 e. The van der Waals surface area contributed by atoms with Gasteiger partial charge in [0.15, 0.2) is 0 Å². The van der Waals surface area contributed by atoms with Crippen LogP contribution in [0, 0.1) is 0 Å². The van der Waals surface area contributed by atoms with Gasteiger partial charge in [0.05, 0.1) is 0 Å². The molecule has 3 rings (SSSR count). The van der Waals surface area contributed by atoms with Crippen molar-refractivity contribution >= 4 is 11.2 Å². The number of hydrogen-bond donors (Lipinski definition) is 1. The Morgan fingerprint density at radius 1 is 1.17 bits per heavy atom. The Morgan fingerprint density at radius 3 is 2.67 bits per heavy atom. The van der Waals surface area contributed by atoms with Gasteiger partial charge in [-0.15, -0.1) is 0 Å². The van der Waals surface area contributed by atoms with Crippen LogP contribution in [-0.2, 0) is 6.42 Å². The minimum atomic E-state index is -0.109. The average Bonchev–Trinajstić information content (AvgIpc) is 2.77. The third kappa shape index (κ3) is 1.62. The molecule has 0 saturated heterocycles. The molecule has 1 N–H and O–H groups in total. The van der Waals surface area contributed by atoms with Crippen molar-refractivity contribution in [1.29, 1.82) is 0 Å². The van der Waals surface area contributed by atoms with Gasteiger partial charge in [-0.3, -0.25) is 9.36 Å². The highest BCUT2D eigenvalue weighted by atomic mass is 16.1. The van der Waals surface area contributed by atoms with Crippen LogP contribution in [0.4, 0.5) is 0 Å². The Labute approximate surface area is 104 Å². The molecule has 0 aliphatic heterocycles. The largest absolute Gasteiger partial charge is 0.306 e. The maximum absolute atomic E-state index is 11.5. The lowest BCUT2D eigenvalue weighted by Gasteiger charge is -2.07. The second-order valence-corrected chi connectivity index (χ2v) is 4.11. The number of para-hydroxylation sites is 1. The molecule has 0 saturated carbocycles. The van der Waals surface area contributed by atoms with Gasteiger partial charge in [0.1, 0.15) is 17.0 Å². The number of rotatable bonds is 2. The van der Waals surface area contributed by atoms with Crippen LogP contribution in [0.5, 0.6) is 0 Å². The SMILES string of the molecule is CCc1nc2ccc(=O)[nH]c2n1-c1ccccc1. The zero-order valence-corrected chi connectivity index (χ0v) is 10.1. The fraction of sp³-hybridized carbons (Fsp3) is 0.143. The van der Waals surface area contributed by atoms with Crippen LogP contribution in [0.2, 0.25) is 0 Å². The molecular weight excluding hydrogens is 226 g/mol. The first-order valence-electron chi connectivity index (χ1n) is 5.95. The summed E-state index contributed by atoms with van der Waals surface area (Å²) in [6.45, 7) is 2.05. The molecule has 2 heterocycles. The molecule has 18 heavy (non-hydrogen) atoms. The second kappa shape index (κ2) is 4.14. The molecule has 3 aromatic rings. The molecule has 0 amide bonds. The molecule has 0 aliphatic carbocycles. The van der Waals surface area contributed by atoms with Gasteiger partial charge in [-0.1, -0.05) is 25.1 Å². The van der Waals surface area contributed by atoms with Crippen molar-refractivity contribution in [3.63, 3.8) is 0 Å². The summed E-state index contributed by atoms with van der Waals surface area (Å²) in [5, 5.41) is 0. The highest BCUT2D eigenvalue weighted by Crippen LogP contribution is 2.18. The Hall–Kier alpha value is -2.36. The van der Waals surface area contributed by atoms with Crippen molar-refractivity contribution in [3.8, 4) is 5.69 Å². The fourth-order valence-electron chi connectivity index (χ4n) is 2.13. The number of H-pyrrole nitrogens is 1. The average molecular weight is 239 g/mol. The van der Waals surface area contributed by atoms with E-state index >= 15 is 0 Å². The summed E-state index contributed by atoms with van der Waals surface area (Å²) in [5.74, 6) is 0.943. The highest BCUT2D eigenvalue weighted by Gasteiger charge is 2.11. The van der Waals surface area contributed by atoms with Crippen LogP contribution < -0.4 is 5.56 Å². The minimum absolute atomic E-state index is 0.109. The Morgan fingerprint density at radius 2 is 1.94 bits per heavy atom. The predicted molar refractivity (Wildman–Crippen MR) is 71.1 cm³/mol. The molecule has 4 heteroatoms. The number of hydrogen-bond acceptors (Lipinski definition) is 2. The van der Waals surface area contributed by atoms with Gasteiger partial charge in [0.25, 0.3) is 0 Å². The van der Waals surface area contributed by atoms with E-state index in [1.54, 1.807) is 6.07 Å². The molecule has 2 aromatic heterocycles. The molecule has 0 atom stereocenters. The number of aromatic amines is 1. The molecule has 0 radical (unpaired) electrons. The van der Waals surface area contributed by atoms with E-state index < -0.39 is 0 Å². The Balaban J connectivity index is 2.39. The van der Waals surface area contributed by atoms with E-state index in [0.29, 0.717) is 0 Å². The summed E-state index contributed by atoms with van der Waals surface area (Å²) in [6.07, 6.45) is 0.811. The number of aryl methyl sites for hydroxylation is 1. The Bertz CT molecular complexity index is 741. The number of pyridine rings is 1. The van der Waals surface area contributed by atoms with Crippen molar-refractivity contribution in [2.45, 2.75) is 13.3 Å². The lowest BCUT2D eigenvalue weighted by molar-refractivity contribution is 0.900. The fourth-order valence-corrected chi connectivity index (χ4v) is 2.13. The van der Waals surface area contributed by atoms with Crippen LogP contribution in [0.15, 0.2) is 47.3 Å². The standard InChI is InChI=1S/C14H13N3O/c1-2-12-15-11-8-9-13(18)16-14(11)17(12)10-6-4-3-5-7-10/h3-9H,2H2,1H3,(H,16,18). The van der Waals surface area contributed by atoms with Crippen LogP contribution in [0.1, 0.15) is 12.7 Å². The number of imidazole rings is 1. The predicted octanol–water partition coefficient (Wildman–Crippen LogP) is 2.28. The number of nitrogens with zero attached hydrogens (tertiary/aromatic N) is 2. The third-order valence-electron chi connectivity index (χ3n) is 2.94. The third-order valence-corrected chi connectivity index (χ3v) is 2.94. The van der Waals surface area contributed by atoms with Crippen molar-refractivity contribution < 1.29 is 0 Å². The minimum Gasteiger partial charge on any atom is -0.306 e. The second-order valence-electron chi connectivity index (χ2n) is 4.11. The summed E-state index contributed by atoms with van der Waals surface area (Å²) in [5.41, 5.74) is 2.47. The number of benzene rings is 1. The molecule has 0 aliphatic rings. The van der Waals surface area contributed by atoms with Crippen molar-refractivity contribution in [3.05, 3.63) is 58.6 Å². The molecule has 90 valence electrons. The molecule has 0 unspecified atom stereocenters. The summed E-state index contributed by atoms with van der Waals surface area (Å²) in [6, 6.07) is 13.2. The quantitative estimate of drug-likeness (QED) is 0.745. The number of nitrogens with one attached hydrogen (secondary N) is 1. The monoisotopic (exact) mass is 239 g/mol. The summed E-state index contributed by atoms with van der Waals surface area (Å²) >= 11 is 0. The van der Waals surface area contributed by atoms with Gasteiger partial charge >= 0.3 is 0 Å². The van der Waals surface area contributed by atoms with E-state index in [-0.39, 0.29) is 5.56 Å². The summed E-state index contributed by atoms with van der Waals surface area (Å²) in [4.78, 5) is 18.9. The van der Waals surface area contributed by atoms with Gasteiger partial charge in [-0.05, 0) is 18.2 Å². The number of fused-ring (bicyclic) bond motifs is 1. The van der Waals surface area contributed by atoms with E-state index in [1.165, 1.54) is 6.07 Å². The molecule has 1 aromatic carbocycles. The van der Waals surface area contributed by atoms with Gasteiger partial charge in [0.2, 0.25) is 5.56 Å². The first-order valence-corrected chi connectivity index (χ1v) is 5.95. The topological polar surface area (TPSA) is 50.7 Å². The highest BCUT2D eigenvalue weighted by molar-refractivity contribution is 5.73. The zero-order chi connectivity index (χ0) is 12.5. The molecule has 4 nitrogen and oxygen atoms in total. The summed E-state index contributed by atoms with van der Waals surface area (Å²) in [7, 11) is 0.